The van der Waals surface area contributed by atoms with Gasteiger partial charge in [0, 0.05) is 50.0 Å². The largest absolute Gasteiger partial charge is 0.311 e. The van der Waals surface area contributed by atoms with Crippen molar-refractivity contribution in [1.29, 1.82) is 0 Å². The fourth-order valence-electron chi connectivity index (χ4n) is 8.60. The Morgan fingerprint density at radius 3 is 1.80 bits per heavy atom. The highest BCUT2D eigenvalue weighted by molar-refractivity contribution is 7.02. The first-order valence-corrected chi connectivity index (χ1v) is 16.0. The minimum Gasteiger partial charge on any atom is -0.311 e. The molecule has 2 aliphatic rings. The lowest BCUT2D eigenvalue weighted by atomic mass is 9.33. The van der Waals surface area contributed by atoms with Crippen LogP contribution in [0, 0.1) is 0 Å². The lowest BCUT2D eigenvalue weighted by Crippen LogP contribution is -2.60. The standard InChI is InChI=1S/C42H26BN3/c1-3-14-27(15-4-1)44-34-22-11-8-19-30(34)39-38(44)26-31-29-18-7-10-21-33(29)46-37-25-13-24-36-40(37)43(41(39)42(31)46)32-20-9-12-23-35(32)45(36)28-16-5-2-6-17-28/h1-26H. The normalized spacial score (nSPS) is 13.1. The monoisotopic (exact) mass is 583 g/mol. The Morgan fingerprint density at radius 1 is 0.391 bits per heavy atom. The van der Waals surface area contributed by atoms with Gasteiger partial charge in [-0.25, -0.2) is 0 Å². The third-order valence-electron chi connectivity index (χ3n) is 10.3. The van der Waals surface area contributed by atoms with Crippen molar-refractivity contribution in [2.24, 2.45) is 0 Å². The van der Waals surface area contributed by atoms with Crippen LogP contribution in [-0.2, 0) is 0 Å². The topological polar surface area (TPSA) is 13.1 Å². The maximum Gasteiger partial charge on any atom is 0.253 e. The summed E-state index contributed by atoms with van der Waals surface area (Å²) in [4.78, 5) is 2.46. The number of anilines is 3. The van der Waals surface area contributed by atoms with E-state index in [0.29, 0.717) is 0 Å². The van der Waals surface area contributed by atoms with Crippen molar-refractivity contribution >= 4 is 83.8 Å². The van der Waals surface area contributed by atoms with Crippen LogP contribution >= 0.6 is 0 Å². The zero-order valence-corrected chi connectivity index (χ0v) is 24.9. The molecule has 46 heavy (non-hydrogen) atoms. The molecule has 212 valence electrons. The van der Waals surface area contributed by atoms with Crippen molar-refractivity contribution in [3.05, 3.63) is 158 Å². The van der Waals surface area contributed by atoms with Gasteiger partial charge in [-0.3, -0.25) is 0 Å². The summed E-state index contributed by atoms with van der Waals surface area (Å²) in [7, 11) is 0. The number of rotatable bonds is 2. The molecule has 0 amide bonds. The fourth-order valence-corrected chi connectivity index (χ4v) is 8.60. The molecular formula is C42H26BN3. The van der Waals surface area contributed by atoms with Crippen molar-refractivity contribution < 1.29 is 0 Å². The molecule has 0 fully saturated rings. The van der Waals surface area contributed by atoms with E-state index in [0.717, 1.165) is 0 Å². The van der Waals surface area contributed by atoms with Crippen molar-refractivity contribution in [1.82, 2.24) is 9.13 Å². The molecule has 4 heteroatoms. The molecule has 7 aromatic carbocycles. The summed E-state index contributed by atoms with van der Waals surface area (Å²) in [6, 6.07) is 58.0. The van der Waals surface area contributed by atoms with E-state index >= 15 is 0 Å². The maximum absolute atomic E-state index is 2.56. The van der Waals surface area contributed by atoms with Gasteiger partial charge in [-0.1, -0.05) is 97.1 Å². The van der Waals surface area contributed by atoms with Crippen molar-refractivity contribution in [3.63, 3.8) is 0 Å². The average molecular weight is 584 g/mol. The van der Waals surface area contributed by atoms with E-state index < -0.39 is 0 Å². The summed E-state index contributed by atoms with van der Waals surface area (Å²) in [6.45, 7) is 0.0698. The number of hydrogen-bond acceptors (Lipinski definition) is 1. The molecule has 0 atom stereocenters. The Hall–Kier alpha value is -6.00. The van der Waals surface area contributed by atoms with Gasteiger partial charge >= 0.3 is 0 Å². The molecule has 9 aromatic rings. The summed E-state index contributed by atoms with van der Waals surface area (Å²) in [5.41, 5.74) is 15.3. The van der Waals surface area contributed by atoms with Crippen LogP contribution in [0.3, 0.4) is 0 Å². The van der Waals surface area contributed by atoms with E-state index in [9.17, 15) is 0 Å². The minimum absolute atomic E-state index is 0.0698. The lowest BCUT2D eigenvalue weighted by Gasteiger charge is -2.40. The first-order chi connectivity index (χ1) is 22.9. The Balaban J connectivity index is 1.40. The van der Waals surface area contributed by atoms with Gasteiger partial charge in [-0.2, -0.15) is 0 Å². The van der Waals surface area contributed by atoms with Gasteiger partial charge in [-0.05, 0) is 77.1 Å². The van der Waals surface area contributed by atoms with Crippen molar-refractivity contribution in [2.45, 2.75) is 0 Å². The van der Waals surface area contributed by atoms with Gasteiger partial charge in [0.25, 0.3) is 6.71 Å². The van der Waals surface area contributed by atoms with E-state index in [1.54, 1.807) is 0 Å². The number of nitrogens with zero attached hydrogens (tertiary/aromatic N) is 3. The lowest BCUT2D eigenvalue weighted by molar-refractivity contribution is 1.17. The summed E-state index contributed by atoms with van der Waals surface area (Å²) < 4.78 is 5.03. The molecule has 0 spiro atoms. The Bertz CT molecular complexity index is 2700. The quantitative estimate of drug-likeness (QED) is 0.186. The molecule has 11 rings (SSSR count). The predicted octanol–water partition coefficient (Wildman–Crippen LogP) is 8.49. The number of hydrogen-bond donors (Lipinski definition) is 0. The van der Waals surface area contributed by atoms with Crippen LogP contribution in [-0.4, -0.2) is 15.8 Å². The Morgan fingerprint density at radius 2 is 1.00 bits per heavy atom. The summed E-state index contributed by atoms with van der Waals surface area (Å²) >= 11 is 0. The third kappa shape index (κ3) is 2.94. The van der Waals surface area contributed by atoms with E-state index in [-0.39, 0.29) is 6.71 Å². The fraction of sp³-hybridized carbons (Fsp3) is 0. The van der Waals surface area contributed by atoms with Gasteiger partial charge in [0.05, 0.1) is 22.1 Å². The summed E-state index contributed by atoms with van der Waals surface area (Å²) in [5, 5.41) is 5.22. The Labute approximate surface area is 266 Å². The first-order valence-electron chi connectivity index (χ1n) is 16.0. The molecule has 4 heterocycles. The third-order valence-corrected chi connectivity index (χ3v) is 10.3. The average Bonchev–Trinajstić information content (AvgIpc) is 3.64. The van der Waals surface area contributed by atoms with Crippen LogP contribution < -0.4 is 21.3 Å². The van der Waals surface area contributed by atoms with Crippen LogP contribution in [0.15, 0.2) is 158 Å². The van der Waals surface area contributed by atoms with E-state index in [1.807, 2.05) is 0 Å². The molecule has 0 radical (unpaired) electrons. The van der Waals surface area contributed by atoms with Gasteiger partial charge in [0.1, 0.15) is 0 Å². The van der Waals surface area contributed by atoms with Gasteiger partial charge in [0.2, 0.25) is 0 Å². The van der Waals surface area contributed by atoms with Gasteiger partial charge in [-0.15, -0.1) is 0 Å². The van der Waals surface area contributed by atoms with Crippen LogP contribution in [0.4, 0.5) is 17.1 Å². The second kappa shape index (κ2) is 8.80. The van der Waals surface area contributed by atoms with Crippen molar-refractivity contribution in [2.75, 3.05) is 4.90 Å². The zero-order chi connectivity index (χ0) is 29.9. The molecule has 0 aliphatic carbocycles. The van der Waals surface area contributed by atoms with Crippen LogP contribution in [0.5, 0.6) is 0 Å². The van der Waals surface area contributed by atoms with Crippen molar-refractivity contribution in [3.8, 4) is 11.4 Å². The summed E-state index contributed by atoms with van der Waals surface area (Å²) in [6.07, 6.45) is 0. The van der Waals surface area contributed by atoms with Crippen LogP contribution in [0.25, 0.3) is 55.0 Å². The number of fused-ring (bicyclic) bond motifs is 11. The molecule has 3 nitrogen and oxygen atoms in total. The SMILES string of the molecule is c1ccc(N2c3ccccc3B3c4c2cccc4-n2c4ccccc4c4cc5c(c3c42)c2ccccc2n5-c2ccccc2)cc1. The zero-order valence-electron chi connectivity index (χ0n) is 24.9. The number of aromatic nitrogens is 2. The van der Waals surface area contributed by atoms with E-state index in [2.05, 4.69) is 172 Å². The van der Waals surface area contributed by atoms with Crippen LogP contribution in [0.2, 0.25) is 0 Å². The molecule has 0 bridgehead atoms. The second-order valence-corrected chi connectivity index (χ2v) is 12.5. The smallest absolute Gasteiger partial charge is 0.253 e. The maximum atomic E-state index is 2.56. The van der Waals surface area contributed by atoms with E-state index in [4.69, 9.17) is 0 Å². The highest BCUT2D eigenvalue weighted by Gasteiger charge is 2.43. The highest BCUT2D eigenvalue weighted by atomic mass is 15.2. The van der Waals surface area contributed by atoms with Crippen LogP contribution in [0.1, 0.15) is 0 Å². The second-order valence-electron chi connectivity index (χ2n) is 12.5. The Kier molecular flexibility index (Phi) is 4.66. The van der Waals surface area contributed by atoms with Gasteiger partial charge < -0.3 is 14.0 Å². The molecule has 2 aliphatic heterocycles. The molecule has 0 saturated carbocycles. The highest BCUT2D eigenvalue weighted by Crippen LogP contribution is 2.44. The predicted molar refractivity (Wildman–Crippen MR) is 194 cm³/mol. The molecule has 2 aromatic heterocycles. The number of para-hydroxylation sites is 5. The molecule has 0 unspecified atom stereocenters. The minimum atomic E-state index is 0.0698. The summed E-state index contributed by atoms with van der Waals surface area (Å²) in [5.74, 6) is 0. The van der Waals surface area contributed by atoms with E-state index in [1.165, 1.54) is 88.4 Å². The first kappa shape index (κ1) is 24.3. The number of benzene rings is 7. The molecule has 0 N–H and O–H groups in total. The molecular weight excluding hydrogens is 557 g/mol. The van der Waals surface area contributed by atoms with Gasteiger partial charge in [0.15, 0.2) is 0 Å². The molecule has 0 saturated heterocycles.